The fourth-order valence-corrected chi connectivity index (χ4v) is 2.03. The molecule has 0 aromatic carbocycles. The van der Waals surface area contributed by atoms with Crippen molar-refractivity contribution in [2.24, 2.45) is 5.92 Å². The highest BCUT2D eigenvalue weighted by atomic mass is 16.6. The molecular weight excluding hydrogens is 234 g/mol. The summed E-state index contributed by atoms with van der Waals surface area (Å²) in [5, 5.41) is 14.2. The summed E-state index contributed by atoms with van der Waals surface area (Å²) in [4.78, 5) is 14.5. The monoisotopic (exact) mass is 251 g/mol. The number of ether oxygens (including phenoxy) is 1. The maximum absolute atomic E-state index is 10.9. The number of nitro groups is 1. The Hall–Kier alpha value is -1.69. The van der Waals surface area contributed by atoms with Crippen LogP contribution >= 0.6 is 0 Å². The van der Waals surface area contributed by atoms with Crippen LogP contribution in [0.5, 0.6) is 5.88 Å². The third-order valence-corrected chi connectivity index (χ3v) is 3.08. The predicted octanol–water partition coefficient (Wildman–Crippen LogP) is 1.68. The van der Waals surface area contributed by atoms with Gasteiger partial charge >= 0.3 is 5.69 Å². The van der Waals surface area contributed by atoms with Crippen molar-refractivity contribution in [1.82, 2.24) is 10.3 Å². The van der Waals surface area contributed by atoms with Crippen molar-refractivity contribution in [3.05, 3.63) is 27.9 Å². The molecule has 0 bridgehead atoms. The Labute approximate surface area is 106 Å². The van der Waals surface area contributed by atoms with E-state index in [0.717, 1.165) is 31.5 Å². The maximum atomic E-state index is 10.9. The van der Waals surface area contributed by atoms with Crippen LogP contribution in [-0.4, -0.2) is 29.6 Å². The van der Waals surface area contributed by atoms with Crippen molar-refractivity contribution >= 4 is 5.69 Å². The van der Waals surface area contributed by atoms with E-state index in [9.17, 15) is 10.1 Å². The highest BCUT2D eigenvalue weighted by molar-refractivity contribution is 5.42. The smallest absolute Gasteiger partial charge is 0.331 e. The summed E-state index contributed by atoms with van der Waals surface area (Å²) in [6.07, 6.45) is 3.67. The molecule has 0 saturated carbocycles. The van der Waals surface area contributed by atoms with Crippen molar-refractivity contribution in [1.29, 1.82) is 0 Å². The summed E-state index contributed by atoms with van der Waals surface area (Å²) >= 11 is 0. The molecule has 1 fully saturated rings. The summed E-state index contributed by atoms with van der Waals surface area (Å²) in [5.74, 6) is 0.582. The number of piperidine rings is 1. The molecule has 1 aliphatic rings. The molecule has 98 valence electrons. The molecule has 1 aromatic rings. The van der Waals surface area contributed by atoms with Gasteiger partial charge in [-0.25, -0.2) is 4.98 Å². The second-order valence-electron chi connectivity index (χ2n) is 4.60. The van der Waals surface area contributed by atoms with Crippen LogP contribution in [0, 0.1) is 23.0 Å². The summed E-state index contributed by atoms with van der Waals surface area (Å²) in [5.41, 5.74) is 0.708. The third kappa shape index (κ3) is 3.16. The van der Waals surface area contributed by atoms with Crippen molar-refractivity contribution in [3.8, 4) is 5.88 Å². The van der Waals surface area contributed by atoms with E-state index in [1.807, 2.05) is 0 Å². The van der Waals surface area contributed by atoms with Gasteiger partial charge < -0.3 is 10.1 Å². The number of rotatable bonds is 4. The first-order valence-corrected chi connectivity index (χ1v) is 6.11. The lowest BCUT2D eigenvalue weighted by atomic mass is 9.99. The van der Waals surface area contributed by atoms with Gasteiger partial charge in [0.2, 0.25) is 0 Å². The molecular formula is C12H17N3O3. The molecule has 1 N–H and O–H groups in total. The van der Waals surface area contributed by atoms with Crippen molar-refractivity contribution < 1.29 is 9.66 Å². The Morgan fingerprint density at radius 3 is 2.94 bits per heavy atom. The standard InChI is InChI=1S/C12H17N3O3/c1-9-6-11(15(16)17)12(14-7-9)18-8-10-2-4-13-5-3-10/h6-7,10,13H,2-5,8H2,1H3. The first-order valence-electron chi connectivity index (χ1n) is 6.11. The van der Waals surface area contributed by atoms with Crippen molar-refractivity contribution in [2.75, 3.05) is 19.7 Å². The van der Waals surface area contributed by atoms with Gasteiger partial charge in [0.1, 0.15) is 0 Å². The predicted molar refractivity (Wildman–Crippen MR) is 66.7 cm³/mol. The lowest BCUT2D eigenvalue weighted by Gasteiger charge is -2.22. The van der Waals surface area contributed by atoms with E-state index in [1.54, 1.807) is 13.1 Å². The molecule has 1 aromatic heterocycles. The van der Waals surface area contributed by atoms with E-state index in [-0.39, 0.29) is 11.6 Å². The summed E-state index contributed by atoms with van der Waals surface area (Å²) in [6, 6.07) is 1.49. The highest BCUT2D eigenvalue weighted by Crippen LogP contribution is 2.25. The Morgan fingerprint density at radius 2 is 2.28 bits per heavy atom. The minimum absolute atomic E-state index is 0.0519. The van der Waals surface area contributed by atoms with Crippen LogP contribution in [0.2, 0.25) is 0 Å². The van der Waals surface area contributed by atoms with Gasteiger partial charge in [-0.05, 0) is 44.3 Å². The first kappa shape index (κ1) is 12.8. The number of hydrogen-bond acceptors (Lipinski definition) is 5. The molecule has 1 aliphatic heterocycles. The molecule has 1 saturated heterocycles. The van der Waals surface area contributed by atoms with Gasteiger partial charge in [0.05, 0.1) is 11.5 Å². The summed E-state index contributed by atoms with van der Waals surface area (Å²) in [6.45, 7) is 4.24. The summed E-state index contributed by atoms with van der Waals surface area (Å²) < 4.78 is 5.51. The van der Waals surface area contributed by atoms with Crippen LogP contribution < -0.4 is 10.1 Å². The van der Waals surface area contributed by atoms with Crippen LogP contribution in [0.15, 0.2) is 12.3 Å². The molecule has 2 heterocycles. The fourth-order valence-electron chi connectivity index (χ4n) is 2.03. The van der Waals surface area contributed by atoms with Gasteiger partial charge in [-0.3, -0.25) is 10.1 Å². The molecule has 0 atom stereocenters. The maximum Gasteiger partial charge on any atom is 0.331 e. The minimum atomic E-state index is -0.447. The van der Waals surface area contributed by atoms with E-state index < -0.39 is 4.92 Å². The fraction of sp³-hybridized carbons (Fsp3) is 0.583. The van der Waals surface area contributed by atoms with Crippen molar-refractivity contribution in [2.45, 2.75) is 19.8 Å². The van der Waals surface area contributed by atoms with E-state index in [0.29, 0.717) is 12.5 Å². The Morgan fingerprint density at radius 1 is 1.56 bits per heavy atom. The average Bonchev–Trinajstić information content (AvgIpc) is 2.38. The van der Waals surface area contributed by atoms with Crippen LogP contribution in [0.25, 0.3) is 0 Å². The van der Waals surface area contributed by atoms with Crippen molar-refractivity contribution in [3.63, 3.8) is 0 Å². The third-order valence-electron chi connectivity index (χ3n) is 3.08. The number of nitrogens with zero attached hydrogens (tertiary/aromatic N) is 2. The number of aromatic nitrogens is 1. The summed E-state index contributed by atoms with van der Waals surface area (Å²) in [7, 11) is 0. The zero-order chi connectivity index (χ0) is 13.0. The molecule has 0 spiro atoms. The lowest BCUT2D eigenvalue weighted by molar-refractivity contribution is -0.386. The number of nitrogens with one attached hydrogen (secondary N) is 1. The Balaban J connectivity index is 2.01. The van der Waals surface area contributed by atoms with Gasteiger partial charge in [-0.2, -0.15) is 0 Å². The van der Waals surface area contributed by atoms with Crippen LogP contribution in [0.4, 0.5) is 5.69 Å². The second kappa shape index (κ2) is 5.77. The zero-order valence-electron chi connectivity index (χ0n) is 10.4. The molecule has 2 rings (SSSR count). The zero-order valence-corrected chi connectivity index (χ0v) is 10.4. The van der Waals surface area contributed by atoms with Gasteiger partial charge in [-0.1, -0.05) is 0 Å². The molecule has 0 unspecified atom stereocenters. The molecule has 0 aliphatic carbocycles. The second-order valence-corrected chi connectivity index (χ2v) is 4.60. The van der Waals surface area contributed by atoms with Crippen LogP contribution in [0.3, 0.4) is 0 Å². The number of hydrogen-bond donors (Lipinski definition) is 1. The van der Waals surface area contributed by atoms with Crippen LogP contribution in [-0.2, 0) is 0 Å². The first-order chi connectivity index (χ1) is 8.66. The number of pyridine rings is 1. The Bertz CT molecular complexity index is 431. The van der Waals surface area contributed by atoms with Gasteiger partial charge in [0.15, 0.2) is 0 Å². The quantitative estimate of drug-likeness (QED) is 0.650. The molecule has 6 heteroatoms. The van der Waals surface area contributed by atoms with E-state index in [2.05, 4.69) is 10.3 Å². The normalized spacial score (nSPS) is 16.5. The molecule has 6 nitrogen and oxygen atoms in total. The van der Waals surface area contributed by atoms with Gasteiger partial charge in [0.25, 0.3) is 5.88 Å². The lowest BCUT2D eigenvalue weighted by Crippen LogP contribution is -2.30. The van der Waals surface area contributed by atoms with Crippen LogP contribution in [0.1, 0.15) is 18.4 Å². The van der Waals surface area contributed by atoms with E-state index in [4.69, 9.17) is 4.74 Å². The molecule has 0 amide bonds. The number of aryl methyl sites for hydroxylation is 1. The largest absolute Gasteiger partial charge is 0.473 e. The minimum Gasteiger partial charge on any atom is -0.473 e. The SMILES string of the molecule is Cc1cnc(OCC2CCNCC2)c([N+](=O)[O-])c1. The van der Waals surface area contributed by atoms with E-state index in [1.165, 1.54) is 6.07 Å². The Kier molecular flexibility index (Phi) is 4.09. The van der Waals surface area contributed by atoms with E-state index >= 15 is 0 Å². The average molecular weight is 251 g/mol. The molecule has 18 heavy (non-hydrogen) atoms. The van der Waals surface area contributed by atoms with Gasteiger partial charge in [-0.15, -0.1) is 0 Å². The topological polar surface area (TPSA) is 77.3 Å². The highest BCUT2D eigenvalue weighted by Gasteiger charge is 2.19. The van der Waals surface area contributed by atoms with Gasteiger partial charge in [0, 0.05) is 12.3 Å². The molecule has 0 radical (unpaired) electrons.